The van der Waals surface area contributed by atoms with Crippen LogP contribution >= 0.6 is 0 Å². The molecule has 1 aromatic heterocycles. The zero-order valence-electron chi connectivity index (χ0n) is 13.5. The molecule has 0 radical (unpaired) electrons. The molecule has 1 aromatic carbocycles. The van der Waals surface area contributed by atoms with Gasteiger partial charge >= 0.3 is 5.97 Å². The summed E-state index contributed by atoms with van der Waals surface area (Å²) in [6.07, 6.45) is 1.96. The summed E-state index contributed by atoms with van der Waals surface area (Å²) in [5.74, 6) is -0.248. The Morgan fingerprint density at radius 1 is 1.10 bits per heavy atom. The van der Waals surface area contributed by atoms with Gasteiger partial charge in [-0.3, -0.25) is 0 Å². The minimum Gasteiger partial charge on any atom is -0.461 e. The second-order valence-electron chi connectivity index (χ2n) is 5.57. The monoisotopic (exact) mass is 285 g/mol. The number of carbonyl (C=O) groups is 1. The lowest BCUT2D eigenvalue weighted by molar-refractivity contribution is 0.0513. The highest BCUT2D eigenvalue weighted by molar-refractivity contribution is 5.89. The Kier molecular flexibility index (Phi) is 4.51. The maximum atomic E-state index is 12.1. The first-order valence-electron chi connectivity index (χ1n) is 7.33. The maximum absolute atomic E-state index is 12.1. The molecule has 0 atom stereocenters. The van der Waals surface area contributed by atoms with Crippen LogP contribution < -0.4 is 0 Å². The van der Waals surface area contributed by atoms with Crippen LogP contribution in [0.5, 0.6) is 0 Å². The standard InChI is InChI=1S/C18H23NO2/c1-6-21-18(20)17-13(3)7-8-19(17)11-16-14(4)9-12(2)10-15(16)5/h7-10H,6,11H2,1-5H3. The molecule has 112 valence electrons. The molecule has 21 heavy (non-hydrogen) atoms. The third-order valence-electron chi connectivity index (χ3n) is 3.80. The number of nitrogens with zero attached hydrogens (tertiary/aromatic N) is 1. The Bertz CT molecular complexity index is 645. The predicted octanol–water partition coefficient (Wildman–Crippen LogP) is 3.95. The van der Waals surface area contributed by atoms with Crippen molar-refractivity contribution < 1.29 is 9.53 Å². The Morgan fingerprint density at radius 3 is 2.29 bits per heavy atom. The van der Waals surface area contributed by atoms with Gasteiger partial charge in [0.05, 0.1) is 6.61 Å². The smallest absolute Gasteiger partial charge is 0.355 e. The Morgan fingerprint density at radius 2 is 1.71 bits per heavy atom. The highest BCUT2D eigenvalue weighted by atomic mass is 16.5. The summed E-state index contributed by atoms with van der Waals surface area (Å²) in [6.45, 7) is 11.2. The summed E-state index contributed by atoms with van der Waals surface area (Å²) < 4.78 is 7.15. The second-order valence-corrected chi connectivity index (χ2v) is 5.57. The van der Waals surface area contributed by atoms with Gasteiger partial charge in [0.15, 0.2) is 0 Å². The minimum absolute atomic E-state index is 0.248. The van der Waals surface area contributed by atoms with Gasteiger partial charge in [0.25, 0.3) is 0 Å². The van der Waals surface area contributed by atoms with E-state index in [0.29, 0.717) is 18.8 Å². The Labute approximate surface area is 126 Å². The molecule has 0 amide bonds. The van der Waals surface area contributed by atoms with Gasteiger partial charge in [0, 0.05) is 12.7 Å². The summed E-state index contributed by atoms with van der Waals surface area (Å²) in [4.78, 5) is 12.1. The van der Waals surface area contributed by atoms with Crippen LogP contribution in [0.25, 0.3) is 0 Å². The van der Waals surface area contributed by atoms with Crippen molar-refractivity contribution in [2.75, 3.05) is 6.61 Å². The van der Waals surface area contributed by atoms with Crippen molar-refractivity contribution in [2.45, 2.75) is 41.2 Å². The molecule has 0 fully saturated rings. The average molecular weight is 285 g/mol. The van der Waals surface area contributed by atoms with E-state index in [0.717, 1.165) is 5.56 Å². The molecule has 0 aliphatic heterocycles. The van der Waals surface area contributed by atoms with Crippen LogP contribution in [-0.2, 0) is 11.3 Å². The zero-order valence-corrected chi connectivity index (χ0v) is 13.5. The largest absolute Gasteiger partial charge is 0.461 e. The first-order valence-corrected chi connectivity index (χ1v) is 7.33. The number of benzene rings is 1. The summed E-state index contributed by atoms with van der Waals surface area (Å²) in [5.41, 5.74) is 6.65. The second kappa shape index (κ2) is 6.17. The zero-order chi connectivity index (χ0) is 15.6. The van der Waals surface area contributed by atoms with Gasteiger partial charge in [-0.05, 0) is 62.9 Å². The number of carbonyl (C=O) groups excluding carboxylic acids is 1. The van der Waals surface area contributed by atoms with Crippen molar-refractivity contribution in [3.63, 3.8) is 0 Å². The van der Waals surface area contributed by atoms with Gasteiger partial charge in [-0.2, -0.15) is 0 Å². The fraction of sp³-hybridized carbons (Fsp3) is 0.389. The molecular weight excluding hydrogens is 262 g/mol. The third kappa shape index (κ3) is 3.18. The molecule has 2 rings (SSSR count). The van der Waals surface area contributed by atoms with Crippen LogP contribution in [0.1, 0.15) is 45.2 Å². The first-order chi connectivity index (χ1) is 9.93. The van der Waals surface area contributed by atoms with Gasteiger partial charge in [-0.25, -0.2) is 4.79 Å². The molecule has 0 saturated heterocycles. The van der Waals surface area contributed by atoms with Crippen LogP contribution in [-0.4, -0.2) is 17.1 Å². The van der Waals surface area contributed by atoms with Gasteiger partial charge in [-0.1, -0.05) is 17.7 Å². The molecular formula is C18H23NO2. The predicted molar refractivity (Wildman–Crippen MR) is 84.9 cm³/mol. The van der Waals surface area contributed by atoms with E-state index < -0.39 is 0 Å². The average Bonchev–Trinajstić information content (AvgIpc) is 2.75. The first kappa shape index (κ1) is 15.4. The van der Waals surface area contributed by atoms with Crippen molar-refractivity contribution in [3.8, 4) is 0 Å². The molecule has 1 heterocycles. The fourth-order valence-corrected chi connectivity index (χ4v) is 2.82. The highest BCUT2D eigenvalue weighted by Crippen LogP contribution is 2.20. The van der Waals surface area contributed by atoms with E-state index in [1.54, 1.807) is 0 Å². The summed E-state index contributed by atoms with van der Waals surface area (Å²) in [5, 5.41) is 0. The summed E-state index contributed by atoms with van der Waals surface area (Å²) in [7, 11) is 0. The molecule has 0 saturated carbocycles. The SMILES string of the molecule is CCOC(=O)c1c(C)ccn1Cc1c(C)cc(C)cc1C. The van der Waals surface area contributed by atoms with E-state index in [1.165, 1.54) is 22.3 Å². The highest BCUT2D eigenvalue weighted by Gasteiger charge is 2.17. The van der Waals surface area contributed by atoms with Crippen molar-refractivity contribution >= 4 is 5.97 Å². The van der Waals surface area contributed by atoms with Gasteiger partial charge in [0.2, 0.25) is 0 Å². The van der Waals surface area contributed by atoms with Crippen LogP contribution in [0.15, 0.2) is 24.4 Å². The third-order valence-corrected chi connectivity index (χ3v) is 3.80. The molecule has 3 nitrogen and oxygen atoms in total. The molecule has 2 aromatic rings. The molecule has 0 unspecified atom stereocenters. The van der Waals surface area contributed by atoms with Crippen LogP contribution in [0.4, 0.5) is 0 Å². The Hall–Kier alpha value is -2.03. The lowest BCUT2D eigenvalue weighted by Gasteiger charge is -2.15. The molecule has 0 spiro atoms. The van der Waals surface area contributed by atoms with Crippen molar-refractivity contribution in [1.29, 1.82) is 0 Å². The van der Waals surface area contributed by atoms with Gasteiger partial charge < -0.3 is 9.30 Å². The quantitative estimate of drug-likeness (QED) is 0.797. The van der Waals surface area contributed by atoms with Crippen LogP contribution in [0.2, 0.25) is 0 Å². The molecule has 3 heteroatoms. The number of esters is 1. The normalized spacial score (nSPS) is 10.7. The Balaban J connectivity index is 2.39. The number of rotatable bonds is 4. The van der Waals surface area contributed by atoms with Gasteiger partial charge in [-0.15, -0.1) is 0 Å². The number of hydrogen-bond donors (Lipinski definition) is 0. The fourth-order valence-electron chi connectivity index (χ4n) is 2.82. The van der Waals surface area contributed by atoms with Crippen LogP contribution in [0, 0.1) is 27.7 Å². The van der Waals surface area contributed by atoms with E-state index >= 15 is 0 Å². The lowest BCUT2D eigenvalue weighted by Crippen LogP contribution is -2.14. The number of ether oxygens (including phenoxy) is 1. The lowest BCUT2D eigenvalue weighted by atomic mass is 10.00. The summed E-state index contributed by atoms with van der Waals surface area (Å²) >= 11 is 0. The molecule has 0 N–H and O–H groups in total. The van der Waals surface area contributed by atoms with E-state index in [1.807, 2.05) is 30.7 Å². The number of aromatic nitrogens is 1. The molecule has 0 bridgehead atoms. The molecule has 0 aliphatic rings. The van der Waals surface area contributed by atoms with Crippen molar-refractivity contribution in [2.24, 2.45) is 0 Å². The van der Waals surface area contributed by atoms with E-state index in [2.05, 4.69) is 32.9 Å². The minimum atomic E-state index is -0.248. The van der Waals surface area contributed by atoms with Crippen molar-refractivity contribution in [1.82, 2.24) is 4.57 Å². The van der Waals surface area contributed by atoms with Crippen molar-refractivity contribution in [3.05, 3.63) is 57.9 Å². The number of hydrogen-bond acceptors (Lipinski definition) is 2. The molecule has 0 aliphatic carbocycles. The van der Waals surface area contributed by atoms with Crippen LogP contribution in [0.3, 0.4) is 0 Å². The van der Waals surface area contributed by atoms with E-state index in [9.17, 15) is 4.79 Å². The number of aryl methyl sites for hydroxylation is 4. The van der Waals surface area contributed by atoms with E-state index in [-0.39, 0.29) is 5.97 Å². The van der Waals surface area contributed by atoms with Gasteiger partial charge in [0.1, 0.15) is 5.69 Å². The van der Waals surface area contributed by atoms with E-state index in [4.69, 9.17) is 4.74 Å². The topological polar surface area (TPSA) is 31.2 Å². The maximum Gasteiger partial charge on any atom is 0.355 e. The summed E-state index contributed by atoms with van der Waals surface area (Å²) in [6, 6.07) is 6.33.